The van der Waals surface area contributed by atoms with Gasteiger partial charge < -0.3 is 10.2 Å². The van der Waals surface area contributed by atoms with Crippen LogP contribution in [0.15, 0.2) is 34.7 Å². The van der Waals surface area contributed by atoms with Gasteiger partial charge in [0.05, 0.1) is 6.54 Å². The minimum atomic E-state index is -0.230. The van der Waals surface area contributed by atoms with Gasteiger partial charge in [0.2, 0.25) is 0 Å². The summed E-state index contributed by atoms with van der Waals surface area (Å²) in [6.07, 6.45) is 0. The number of benzene rings is 1. The minimum absolute atomic E-state index is 0.0314. The molecule has 0 spiro atoms. The van der Waals surface area contributed by atoms with Crippen LogP contribution in [0.5, 0.6) is 0 Å². The molecule has 3 nitrogen and oxygen atoms in total. The Labute approximate surface area is 119 Å². The molecular weight excluding hydrogens is 255 g/mol. The lowest BCUT2D eigenvalue weighted by Crippen LogP contribution is -2.30. The maximum Gasteiger partial charge on any atom is 0.123 e. The van der Waals surface area contributed by atoms with E-state index in [-0.39, 0.29) is 11.9 Å². The van der Waals surface area contributed by atoms with Crippen molar-refractivity contribution in [2.45, 2.75) is 26.4 Å². The monoisotopic (exact) mass is 276 g/mol. The van der Waals surface area contributed by atoms with Gasteiger partial charge in [-0.15, -0.1) is 0 Å². The number of hydrogen-bond donors (Lipinski definition) is 1. The maximum atomic E-state index is 13.5. The smallest absolute Gasteiger partial charge is 0.123 e. The lowest BCUT2D eigenvalue weighted by molar-refractivity contribution is 0.220. The van der Waals surface area contributed by atoms with Gasteiger partial charge in [-0.3, -0.25) is 4.90 Å². The summed E-state index contributed by atoms with van der Waals surface area (Å²) in [5.41, 5.74) is 7.86. The van der Waals surface area contributed by atoms with Crippen LogP contribution in [0.2, 0.25) is 0 Å². The average molecular weight is 276 g/mol. The first-order valence-corrected chi connectivity index (χ1v) is 6.73. The topological polar surface area (TPSA) is 42.4 Å². The summed E-state index contributed by atoms with van der Waals surface area (Å²) in [7, 11) is 1.97. The van der Waals surface area contributed by atoms with Crippen LogP contribution in [-0.2, 0) is 6.54 Å². The van der Waals surface area contributed by atoms with Crippen molar-refractivity contribution in [3.63, 3.8) is 0 Å². The minimum Gasteiger partial charge on any atom is -0.465 e. The average Bonchev–Trinajstić information content (AvgIpc) is 2.80. The molecule has 20 heavy (non-hydrogen) atoms. The summed E-state index contributed by atoms with van der Waals surface area (Å²) in [4.78, 5) is 2.08. The predicted molar refractivity (Wildman–Crippen MR) is 77.8 cm³/mol. The Balaban J connectivity index is 2.20. The quantitative estimate of drug-likeness (QED) is 0.912. The molecule has 2 N–H and O–H groups in total. The Morgan fingerprint density at radius 2 is 2.00 bits per heavy atom. The van der Waals surface area contributed by atoms with Gasteiger partial charge in [0.15, 0.2) is 0 Å². The Hall–Kier alpha value is -1.65. The molecular formula is C16H21FN2O. The van der Waals surface area contributed by atoms with E-state index in [0.29, 0.717) is 13.1 Å². The lowest BCUT2D eigenvalue weighted by Gasteiger charge is -2.27. The Morgan fingerprint density at radius 3 is 2.60 bits per heavy atom. The molecule has 0 radical (unpaired) electrons. The zero-order chi connectivity index (χ0) is 14.7. The van der Waals surface area contributed by atoms with Crippen molar-refractivity contribution in [1.29, 1.82) is 0 Å². The van der Waals surface area contributed by atoms with Crippen molar-refractivity contribution in [3.05, 3.63) is 58.8 Å². The van der Waals surface area contributed by atoms with E-state index in [2.05, 4.69) is 4.90 Å². The number of hydrogen-bond acceptors (Lipinski definition) is 3. The van der Waals surface area contributed by atoms with Crippen molar-refractivity contribution >= 4 is 0 Å². The first kappa shape index (κ1) is 14.8. The third-order valence-corrected chi connectivity index (χ3v) is 3.56. The van der Waals surface area contributed by atoms with E-state index in [1.54, 1.807) is 12.1 Å². The van der Waals surface area contributed by atoms with Crippen molar-refractivity contribution in [2.75, 3.05) is 13.6 Å². The van der Waals surface area contributed by atoms with E-state index in [4.69, 9.17) is 10.2 Å². The van der Waals surface area contributed by atoms with Crippen LogP contribution in [0.3, 0.4) is 0 Å². The Morgan fingerprint density at radius 1 is 1.25 bits per heavy atom. The van der Waals surface area contributed by atoms with E-state index >= 15 is 0 Å². The molecule has 0 aliphatic heterocycles. The van der Waals surface area contributed by atoms with Gasteiger partial charge in [0.1, 0.15) is 17.3 Å². The van der Waals surface area contributed by atoms with Crippen LogP contribution < -0.4 is 5.73 Å². The number of furan rings is 1. The molecule has 2 aromatic rings. The molecule has 0 bridgehead atoms. The Kier molecular flexibility index (Phi) is 4.57. The van der Waals surface area contributed by atoms with Crippen LogP contribution in [0.4, 0.5) is 4.39 Å². The predicted octanol–water partition coefficient (Wildman–Crippen LogP) is 3.17. The number of rotatable bonds is 5. The third kappa shape index (κ3) is 3.26. The lowest BCUT2D eigenvalue weighted by atomic mass is 10.00. The second kappa shape index (κ2) is 6.20. The maximum absolute atomic E-state index is 13.5. The molecule has 1 aromatic carbocycles. The van der Waals surface area contributed by atoms with Crippen LogP contribution in [0, 0.1) is 19.7 Å². The van der Waals surface area contributed by atoms with Gasteiger partial charge >= 0.3 is 0 Å². The molecule has 4 heteroatoms. The second-order valence-electron chi connectivity index (χ2n) is 5.18. The summed E-state index contributed by atoms with van der Waals surface area (Å²) >= 11 is 0. The van der Waals surface area contributed by atoms with Crippen molar-refractivity contribution in [3.8, 4) is 0 Å². The van der Waals surface area contributed by atoms with Gasteiger partial charge in [-0.2, -0.15) is 0 Å². The molecule has 108 valence electrons. The highest BCUT2D eigenvalue weighted by atomic mass is 19.1. The molecule has 0 fully saturated rings. The first-order chi connectivity index (χ1) is 9.51. The molecule has 1 aromatic heterocycles. The van der Waals surface area contributed by atoms with E-state index in [1.165, 1.54) is 6.07 Å². The zero-order valence-electron chi connectivity index (χ0n) is 12.2. The molecule has 1 atom stereocenters. The molecule has 0 amide bonds. The number of likely N-dealkylation sites (N-methyl/N-ethyl adjacent to an activating group) is 1. The second-order valence-corrected chi connectivity index (χ2v) is 5.18. The van der Waals surface area contributed by atoms with Crippen molar-refractivity contribution in [1.82, 2.24) is 4.90 Å². The first-order valence-electron chi connectivity index (χ1n) is 6.73. The van der Waals surface area contributed by atoms with Gasteiger partial charge in [-0.25, -0.2) is 4.39 Å². The third-order valence-electron chi connectivity index (χ3n) is 3.56. The molecule has 0 aliphatic carbocycles. The summed E-state index contributed by atoms with van der Waals surface area (Å²) in [5, 5.41) is 0. The molecule has 0 saturated carbocycles. The highest BCUT2D eigenvalue weighted by Gasteiger charge is 2.19. The van der Waals surface area contributed by atoms with Gasteiger partial charge in [-0.1, -0.05) is 6.07 Å². The number of aryl methyl sites for hydroxylation is 2. The summed E-state index contributed by atoms with van der Waals surface area (Å²) in [6.45, 7) is 4.97. The number of nitrogens with two attached hydrogens (primary N) is 1. The van der Waals surface area contributed by atoms with E-state index in [9.17, 15) is 4.39 Å². The Bertz CT molecular complexity index is 580. The van der Waals surface area contributed by atoms with E-state index < -0.39 is 0 Å². The normalized spacial score (nSPS) is 12.9. The number of nitrogens with zero attached hydrogens (tertiary/aromatic N) is 1. The summed E-state index contributed by atoms with van der Waals surface area (Å²) in [5.74, 6) is 1.54. The van der Waals surface area contributed by atoms with E-state index in [1.807, 2.05) is 33.0 Å². The molecule has 1 heterocycles. The van der Waals surface area contributed by atoms with Gasteiger partial charge in [0, 0.05) is 12.6 Å². The molecule has 2 rings (SSSR count). The standard InChI is InChI=1S/C16H21FN2O/c1-11-4-6-13(17)8-15(11)16(9-18)19(3)10-14-7-5-12(2)20-14/h4-8,16H,9-10,18H2,1-3H3. The largest absolute Gasteiger partial charge is 0.465 e. The van der Waals surface area contributed by atoms with Crippen LogP contribution >= 0.6 is 0 Å². The number of halogens is 1. The van der Waals surface area contributed by atoms with Crippen LogP contribution in [0.1, 0.15) is 28.7 Å². The van der Waals surface area contributed by atoms with E-state index in [0.717, 1.165) is 22.6 Å². The summed E-state index contributed by atoms with van der Waals surface area (Å²) < 4.78 is 19.0. The SMILES string of the molecule is Cc1ccc(CN(C)C(CN)c2cc(F)ccc2C)o1. The fourth-order valence-electron chi connectivity index (χ4n) is 2.44. The molecule has 1 unspecified atom stereocenters. The summed E-state index contributed by atoms with van der Waals surface area (Å²) in [6, 6.07) is 8.69. The van der Waals surface area contributed by atoms with Gasteiger partial charge in [0.25, 0.3) is 0 Å². The zero-order valence-corrected chi connectivity index (χ0v) is 12.2. The fraction of sp³-hybridized carbons (Fsp3) is 0.375. The van der Waals surface area contributed by atoms with Crippen LogP contribution in [-0.4, -0.2) is 18.5 Å². The molecule has 0 aliphatic rings. The molecule has 0 saturated heterocycles. The van der Waals surface area contributed by atoms with Gasteiger partial charge in [-0.05, 0) is 56.3 Å². The highest BCUT2D eigenvalue weighted by molar-refractivity contribution is 5.30. The highest BCUT2D eigenvalue weighted by Crippen LogP contribution is 2.24. The fourth-order valence-corrected chi connectivity index (χ4v) is 2.44. The van der Waals surface area contributed by atoms with Crippen LogP contribution in [0.25, 0.3) is 0 Å². The van der Waals surface area contributed by atoms with Crippen molar-refractivity contribution < 1.29 is 8.81 Å². The van der Waals surface area contributed by atoms with Crippen molar-refractivity contribution in [2.24, 2.45) is 5.73 Å².